The van der Waals surface area contributed by atoms with Crippen LogP contribution in [-0.4, -0.2) is 63.8 Å². The second-order valence-corrected chi connectivity index (χ2v) is 7.93. The van der Waals surface area contributed by atoms with Crippen molar-refractivity contribution in [3.63, 3.8) is 0 Å². The van der Waals surface area contributed by atoms with Gasteiger partial charge in [-0.15, -0.1) is 0 Å². The molecule has 0 heterocycles. The van der Waals surface area contributed by atoms with E-state index in [-0.39, 0.29) is 10.8 Å². The Balaban J connectivity index is 2.95. The maximum absolute atomic E-state index is 12.8. The lowest BCUT2D eigenvalue weighted by atomic mass is 10.2. The number of nitrogens with one attached hydrogen (secondary N) is 1. The first kappa shape index (κ1) is 20.6. The molecule has 0 saturated heterocycles. The molecule has 0 aliphatic rings. The van der Waals surface area contributed by atoms with Crippen molar-refractivity contribution < 1.29 is 13.2 Å². The summed E-state index contributed by atoms with van der Waals surface area (Å²) in [7, 11) is 0.282. The van der Waals surface area contributed by atoms with Gasteiger partial charge in [-0.2, -0.15) is 4.31 Å². The summed E-state index contributed by atoms with van der Waals surface area (Å²) in [5, 5.41) is 2.80. The first-order chi connectivity index (χ1) is 11.3. The van der Waals surface area contributed by atoms with Gasteiger partial charge in [-0.05, 0) is 45.1 Å². The molecule has 0 atom stereocenters. The lowest BCUT2D eigenvalue weighted by molar-refractivity contribution is 0.0951. The number of sulfonamides is 1. The Hall–Kier alpha value is -1.44. The molecule has 0 spiro atoms. The Morgan fingerprint density at radius 3 is 2.25 bits per heavy atom. The van der Waals surface area contributed by atoms with Gasteiger partial charge in [0.25, 0.3) is 5.91 Å². The Morgan fingerprint density at radius 1 is 1.08 bits per heavy atom. The predicted octanol–water partition coefficient (Wildman–Crippen LogP) is 1.79. The summed E-state index contributed by atoms with van der Waals surface area (Å²) >= 11 is 0. The molecule has 6 nitrogen and oxygen atoms in total. The lowest BCUT2D eigenvalue weighted by Gasteiger charge is -2.21. The average Bonchev–Trinajstić information content (AvgIpc) is 2.54. The summed E-state index contributed by atoms with van der Waals surface area (Å²) in [6, 6.07) is 6.25. The van der Waals surface area contributed by atoms with Gasteiger partial charge in [0.1, 0.15) is 0 Å². The van der Waals surface area contributed by atoms with E-state index in [4.69, 9.17) is 0 Å². The van der Waals surface area contributed by atoms with Gasteiger partial charge in [0, 0.05) is 31.7 Å². The molecule has 7 heteroatoms. The molecule has 0 bridgehead atoms. The second kappa shape index (κ2) is 9.76. The van der Waals surface area contributed by atoms with Crippen LogP contribution < -0.4 is 5.32 Å². The second-order valence-electron chi connectivity index (χ2n) is 5.99. The van der Waals surface area contributed by atoms with Crippen LogP contribution in [0.2, 0.25) is 0 Å². The van der Waals surface area contributed by atoms with Crippen molar-refractivity contribution in [3.05, 3.63) is 29.8 Å². The third-order valence-corrected chi connectivity index (χ3v) is 5.42. The van der Waals surface area contributed by atoms with Crippen LogP contribution in [0.3, 0.4) is 0 Å². The Labute approximate surface area is 145 Å². The van der Waals surface area contributed by atoms with Gasteiger partial charge in [-0.25, -0.2) is 8.42 Å². The van der Waals surface area contributed by atoms with Crippen LogP contribution in [-0.2, 0) is 10.0 Å². The van der Waals surface area contributed by atoms with Crippen LogP contribution in [0.4, 0.5) is 0 Å². The van der Waals surface area contributed by atoms with Crippen LogP contribution >= 0.6 is 0 Å². The molecular weight excluding hydrogens is 326 g/mol. The standard InChI is InChI=1S/C17H29N3O3S/c1-5-11-20(12-6-2)24(22,23)16-9-7-8-15(14-16)17(21)18-10-13-19(3)4/h7-9,14H,5-6,10-13H2,1-4H3,(H,18,21). The topological polar surface area (TPSA) is 69.7 Å². The van der Waals surface area contributed by atoms with E-state index >= 15 is 0 Å². The normalized spacial score (nSPS) is 11.9. The molecule has 0 aliphatic heterocycles. The number of hydrogen-bond acceptors (Lipinski definition) is 4. The number of carbonyl (C=O) groups is 1. The lowest BCUT2D eigenvalue weighted by Crippen LogP contribution is -2.33. The van der Waals surface area contributed by atoms with Crippen LogP contribution in [0.15, 0.2) is 29.2 Å². The zero-order valence-electron chi connectivity index (χ0n) is 15.1. The van der Waals surface area contributed by atoms with E-state index in [0.717, 1.165) is 19.4 Å². The van der Waals surface area contributed by atoms with Gasteiger partial charge in [-0.3, -0.25) is 4.79 Å². The van der Waals surface area contributed by atoms with Gasteiger partial charge in [0.15, 0.2) is 0 Å². The summed E-state index contributed by atoms with van der Waals surface area (Å²) in [5.74, 6) is -0.258. The Bertz CT molecular complexity index is 624. The molecule has 0 aromatic heterocycles. The molecule has 0 radical (unpaired) electrons. The molecule has 0 fully saturated rings. The van der Waals surface area contributed by atoms with Gasteiger partial charge >= 0.3 is 0 Å². The van der Waals surface area contributed by atoms with Crippen molar-refractivity contribution in [1.82, 2.24) is 14.5 Å². The third kappa shape index (κ3) is 5.89. The van der Waals surface area contributed by atoms with Crippen molar-refractivity contribution in [1.29, 1.82) is 0 Å². The fourth-order valence-electron chi connectivity index (χ4n) is 2.29. The van der Waals surface area contributed by atoms with Crippen LogP contribution in [0.25, 0.3) is 0 Å². The zero-order chi connectivity index (χ0) is 18.2. The van der Waals surface area contributed by atoms with Crippen molar-refractivity contribution in [3.8, 4) is 0 Å². The molecular formula is C17H29N3O3S. The largest absolute Gasteiger partial charge is 0.351 e. The highest BCUT2D eigenvalue weighted by Crippen LogP contribution is 2.18. The molecule has 136 valence electrons. The summed E-state index contributed by atoms with van der Waals surface area (Å²) in [6.45, 7) is 6.11. The quantitative estimate of drug-likeness (QED) is 0.695. The first-order valence-corrected chi connectivity index (χ1v) is 9.80. The summed E-state index contributed by atoms with van der Waals surface area (Å²) < 4.78 is 27.0. The maximum Gasteiger partial charge on any atom is 0.251 e. The van der Waals surface area contributed by atoms with Crippen molar-refractivity contribution in [2.75, 3.05) is 40.3 Å². The molecule has 1 aromatic carbocycles. The van der Waals surface area contributed by atoms with Crippen LogP contribution in [0.5, 0.6) is 0 Å². The number of likely N-dealkylation sites (N-methyl/N-ethyl adjacent to an activating group) is 1. The number of carbonyl (C=O) groups excluding carboxylic acids is 1. The first-order valence-electron chi connectivity index (χ1n) is 8.36. The molecule has 1 N–H and O–H groups in total. The summed E-state index contributed by atoms with van der Waals surface area (Å²) in [4.78, 5) is 14.3. The van der Waals surface area contributed by atoms with Crippen LogP contribution in [0.1, 0.15) is 37.0 Å². The SMILES string of the molecule is CCCN(CCC)S(=O)(=O)c1cccc(C(=O)NCCN(C)C)c1. The molecule has 24 heavy (non-hydrogen) atoms. The summed E-state index contributed by atoms with van der Waals surface area (Å²) in [6.07, 6.45) is 1.51. The highest BCUT2D eigenvalue weighted by Gasteiger charge is 2.23. The minimum Gasteiger partial charge on any atom is -0.351 e. The van der Waals surface area contributed by atoms with Gasteiger partial charge < -0.3 is 10.2 Å². The molecule has 0 saturated carbocycles. The number of nitrogens with zero attached hydrogens (tertiary/aromatic N) is 2. The van der Waals surface area contributed by atoms with E-state index < -0.39 is 10.0 Å². The van der Waals surface area contributed by atoms with E-state index in [1.54, 1.807) is 18.2 Å². The van der Waals surface area contributed by atoms with E-state index in [9.17, 15) is 13.2 Å². The maximum atomic E-state index is 12.8. The Morgan fingerprint density at radius 2 is 1.71 bits per heavy atom. The third-order valence-electron chi connectivity index (χ3n) is 3.52. The van der Waals surface area contributed by atoms with Crippen molar-refractivity contribution in [2.24, 2.45) is 0 Å². The van der Waals surface area contributed by atoms with Gasteiger partial charge in [-0.1, -0.05) is 19.9 Å². The van der Waals surface area contributed by atoms with Gasteiger partial charge in [0.05, 0.1) is 4.90 Å². The van der Waals surface area contributed by atoms with Gasteiger partial charge in [0.2, 0.25) is 10.0 Å². The van der Waals surface area contributed by atoms with E-state index in [1.165, 1.54) is 10.4 Å². The highest BCUT2D eigenvalue weighted by atomic mass is 32.2. The minimum absolute atomic E-state index is 0.171. The predicted molar refractivity (Wildman–Crippen MR) is 96.7 cm³/mol. The minimum atomic E-state index is -3.57. The highest BCUT2D eigenvalue weighted by molar-refractivity contribution is 7.89. The molecule has 0 unspecified atom stereocenters. The monoisotopic (exact) mass is 355 g/mol. The number of amides is 1. The summed E-state index contributed by atoms with van der Waals surface area (Å²) in [5.41, 5.74) is 0.364. The molecule has 1 amide bonds. The molecule has 1 rings (SSSR count). The van der Waals surface area contributed by atoms with E-state index in [2.05, 4.69) is 5.32 Å². The zero-order valence-corrected chi connectivity index (χ0v) is 15.9. The molecule has 1 aromatic rings. The average molecular weight is 356 g/mol. The number of benzene rings is 1. The Kier molecular flexibility index (Phi) is 8.38. The van der Waals surface area contributed by atoms with Crippen molar-refractivity contribution >= 4 is 15.9 Å². The van der Waals surface area contributed by atoms with Crippen molar-refractivity contribution in [2.45, 2.75) is 31.6 Å². The fraction of sp³-hybridized carbons (Fsp3) is 0.588. The van der Waals surface area contributed by atoms with E-state index in [1.807, 2.05) is 32.8 Å². The van der Waals surface area contributed by atoms with Crippen LogP contribution in [0, 0.1) is 0 Å². The fourth-order valence-corrected chi connectivity index (χ4v) is 3.96. The number of rotatable bonds is 10. The number of hydrogen-bond donors (Lipinski definition) is 1. The molecule has 0 aliphatic carbocycles. The van der Waals surface area contributed by atoms with E-state index in [0.29, 0.717) is 25.2 Å². The smallest absolute Gasteiger partial charge is 0.251 e.